The molecule has 1 aromatic carbocycles. The summed E-state index contributed by atoms with van der Waals surface area (Å²) in [6, 6.07) is 6.20. The highest BCUT2D eigenvalue weighted by atomic mass is 16.1. The molecule has 1 saturated carbocycles. The smallest absolute Gasteiger partial charge is 0.251 e. The maximum Gasteiger partial charge on any atom is 0.251 e. The minimum atomic E-state index is -0.00824. The van der Waals surface area contributed by atoms with Crippen LogP contribution in [0.4, 0.5) is 0 Å². The average molecular weight is 337 g/mol. The molecule has 6 heteroatoms. The molecular formula is C19H23N5O. The quantitative estimate of drug-likeness (QED) is 0.793. The van der Waals surface area contributed by atoms with Crippen LogP contribution < -0.4 is 5.32 Å². The third kappa shape index (κ3) is 2.75. The van der Waals surface area contributed by atoms with Crippen LogP contribution in [0.5, 0.6) is 0 Å². The van der Waals surface area contributed by atoms with Crippen molar-refractivity contribution < 1.29 is 4.79 Å². The molecule has 2 aromatic heterocycles. The van der Waals surface area contributed by atoms with Gasteiger partial charge in [0.15, 0.2) is 0 Å². The van der Waals surface area contributed by atoms with Gasteiger partial charge in [0.25, 0.3) is 5.91 Å². The molecule has 130 valence electrons. The topological polar surface area (TPSA) is 72.7 Å². The number of benzene rings is 1. The van der Waals surface area contributed by atoms with E-state index in [0.29, 0.717) is 17.3 Å². The van der Waals surface area contributed by atoms with Gasteiger partial charge in [0.05, 0.1) is 11.0 Å². The Hall–Kier alpha value is -2.50. The van der Waals surface area contributed by atoms with Gasteiger partial charge in [0.2, 0.25) is 5.65 Å². The summed E-state index contributed by atoms with van der Waals surface area (Å²) in [7, 11) is 0. The minimum Gasteiger partial charge on any atom is -0.349 e. The molecule has 0 atom stereocenters. The molecule has 0 bridgehead atoms. The number of nitrogens with one attached hydrogen (secondary N) is 1. The van der Waals surface area contributed by atoms with E-state index in [1.165, 1.54) is 12.8 Å². The van der Waals surface area contributed by atoms with Gasteiger partial charge in [-0.2, -0.15) is 0 Å². The number of carbonyl (C=O) groups is 1. The van der Waals surface area contributed by atoms with Crippen LogP contribution >= 0.6 is 0 Å². The van der Waals surface area contributed by atoms with Crippen LogP contribution in [-0.2, 0) is 0 Å². The van der Waals surface area contributed by atoms with E-state index in [9.17, 15) is 4.79 Å². The highest BCUT2D eigenvalue weighted by Crippen LogP contribution is 2.27. The molecule has 0 spiro atoms. The van der Waals surface area contributed by atoms with Gasteiger partial charge in [-0.15, -0.1) is 10.2 Å². The van der Waals surface area contributed by atoms with Crippen LogP contribution in [0.25, 0.3) is 22.1 Å². The summed E-state index contributed by atoms with van der Waals surface area (Å²) in [5.74, 6) is 0.902. The summed E-state index contributed by atoms with van der Waals surface area (Å²) in [5.41, 5.74) is 3.04. The van der Waals surface area contributed by atoms with Gasteiger partial charge in [0, 0.05) is 23.0 Å². The number of aromatic nitrogens is 4. The molecule has 1 aliphatic rings. The molecule has 1 fully saturated rings. The summed E-state index contributed by atoms with van der Waals surface area (Å²) in [6.07, 6.45) is 4.56. The molecule has 1 N–H and O–H groups in total. The van der Waals surface area contributed by atoms with E-state index in [1.54, 1.807) is 0 Å². The van der Waals surface area contributed by atoms with E-state index in [2.05, 4.69) is 38.9 Å². The Morgan fingerprint density at radius 1 is 1.24 bits per heavy atom. The first-order valence-corrected chi connectivity index (χ1v) is 9.00. The first-order valence-electron chi connectivity index (χ1n) is 9.00. The molecule has 1 aliphatic carbocycles. The summed E-state index contributed by atoms with van der Waals surface area (Å²) in [5, 5.41) is 12.6. The highest BCUT2D eigenvalue weighted by molar-refractivity contribution is 6.05. The zero-order valence-electron chi connectivity index (χ0n) is 14.9. The Bertz CT molecular complexity index is 953. The molecule has 1 amide bonds. The van der Waals surface area contributed by atoms with E-state index in [0.717, 1.165) is 35.1 Å². The van der Waals surface area contributed by atoms with Gasteiger partial charge in [-0.1, -0.05) is 12.8 Å². The zero-order valence-corrected chi connectivity index (χ0v) is 14.9. The molecule has 3 aromatic rings. The van der Waals surface area contributed by atoms with Crippen molar-refractivity contribution in [2.45, 2.75) is 58.5 Å². The zero-order chi connectivity index (χ0) is 17.6. The highest BCUT2D eigenvalue weighted by Gasteiger charge is 2.20. The number of nitrogens with zero attached hydrogens (tertiary/aromatic N) is 4. The average Bonchev–Trinajstić information content (AvgIpc) is 3.20. The number of carbonyl (C=O) groups excluding carboxylic acids is 1. The first kappa shape index (κ1) is 16.0. The molecular weight excluding hydrogens is 314 g/mol. The van der Waals surface area contributed by atoms with Crippen molar-refractivity contribution >= 4 is 28.0 Å². The van der Waals surface area contributed by atoms with Crippen molar-refractivity contribution in [3.8, 4) is 0 Å². The van der Waals surface area contributed by atoms with E-state index < -0.39 is 0 Å². The molecule has 2 heterocycles. The van der Waals surface area contributed by atoms with Crippen molar-refractivity contribution in [3.63, 3.8) is 0 Å². The summed E-state index contributed by atoms with van der Waals surface area (Å²) >= 11 is 0. The fourth-order valence-electron chi connectivity index (χ4n) is 3.88. The molecule has 0 radical (unpaired) electrons. The lowest BCUT2D eigenvalue weighted by molar-refractivity contribution is 0.0938. The van der Waals surface area contributed by atoms with E-state index >= 15 is 0 Å². The molecule has 6 nitrogen and oxygen atoms in total. The molecule has 25 heavy (non-hydrogen) atoms. The van der Waals surface area contributed by atoms with Crippen LogP contribution in [-0.4, -0.2) is 31.7 Å². The van der Waals surface area contributed by atoms with Gasteiger partial charge >= 0.3 is 0 Å². The number of aryl methyl sites for hydroxylation is 1. The second kappa shape index (κ2) is 6.10. The van der Waals surface area contributed by atoms with E-state index in [4.69, 9.17) is 0 Å². The Kier molecular flexibility index (Phi) is 3.90. The van der Waals surface area contributed by atoms with Crippen molar-refractivity contribution in [1.82, 2.24) is 25.1 Å². The van der Waals surface area contributed by atoms with Gasteiger partial charge in [-0.25, -0.2) is 4.98 Å². The van der Waals surface area contributed by atoms with E-state index in [1.807, 2.05) is 25.1 Å². The minimum absolute atomic E-state index is 0.00824. The molecule has 0 saturated heterocycles. The number of hydrogen-bond acceptors (Lipinski definition) is 4. The predicted molar refractivity (Wildman–Crippen MR) is 97.7 cm³/mol. The van der Waals surface area contributed by atoms with Crippen LogP contribution in [0.3, 0.4) is 0 Å². The van der Waals surface area contributed by atoms with Crippen LogP contribution in [0.15, 0.2) is 18.2 Å². The number of rotatable bonds is 3. The number of fused-ring (bicyclic) bond motifs is 3. The Labute approximate surface area is 146 Å². The summed E-state index contributed by atoms with van der Waals surface area (Å²) < 4.78 is 2.16. The summed E-state index contributed by atoms with van der Waals surface area (Å²) in [4.78, 5) is 17.2. The third-order valence-electron chi connectivity index (χ3n) is 5.04. The maximum atomic E-state index is 12.6. The predicted octanol–water partition coefficient (Wildman–Crippen LogP) is 3.54. The van der Waals surface area contributed by atoms with Crippen LogP contribution in [0.2, 0.25) is 0 Å². The second-order valence-corrected chi connectivity index (χ2v) is 7.18. The van der Waals surface area contributed by atoms with Crippen molar-refractivity contribution in [2.75, 3.05) is 0 Å². The number of amides is 1. The lowest BCUT2D eigenvalue weighted by atomic mass is 10.1. The standard InChI is InChI=1S/C19H23N5O/c1-11(2)24-12(3)20-18-17(24)15-10-13(8-9-16(15)22-23-18)19(25)21-14-6-4-5-7-14/h8-11,14H,4-7H2,1-3H3,(H,21,25). The van der Waals surface area contributed by atoms with Gasteiger partial charge in [-0.05, 0) is 51.8 Å². The van der Waals surface area contributed by atoms with Crippen LogP contribution in [0, 0.1) is 6.92 Å². The summed E-state index contributed by atoms with van der Waals surface area (Å²) in [6.45, 7) is 6.22. The Morgan fingerprint density at radius 3 is 2.72 bits per heavy atom. The van der Waals surface area contributed by atoms with Crippen LogP contribution in [0.1, 0.15) is 61.8 Å². The molecule has 0 aliphatic heterocycles. The van der Waals surface area contributed by atoms with E-state index in [-0.39, 0.29) is 11.9 Å². The lowest BCUT2D eigenvalue weighted by Crippen LogP contribution is -2.32. The fourth-order valence-corrected chi connectivity index (χ4v) is 3.88. The monoisotopic (exact) mass is 337 g/mol. The second-order valence-electron chi connectivity index (χ2n) is 7.18. The fraction of sp³-hybridized carbons (Fsp3) is 0.474. The lowest BCUT2D eigenvalue weighted by Gasteiger charge is -2.13. The number of imidazole rings is 1. The normalized spacial score (nSPS) is 15.5. The van der Waals surface area contributed by atoms with Crippen molar-refractivity contribution in [3.05, 3.63) is 29.6 Å². The maximum absolute atomic E-state index is 12.6. The SMILES string of the molecule is Cc1nc2nnc3ccc(C(=O)NC4CCCC4)cc3c2n1C(C)C. The molecule has 4 rings (SSSR count). The Balaban J connectivity index is 1.83. The van der Waals surface area contributed by atoms with Crippen molar-refractivity contribution in [1.29, 1.82) is 0 Å². The third-order valence-corrected chi connectivity index (χ3v) is 5.04. The van der Waals surface area contributed by atoms with Gasteiger partial charge < -0.3 is 9.88 Å². The van der Waals surface area contributed by atoms with Gasteiger partial charge in [0.1, 0.15) is 5.82 Å². The number of hydrogen-bond donors (Lipinski definition) is 1. The largest absolute Gasteiger partial charge is 0.349 e. The first-order chi connectivity index (χ1) is 12.0. The van der Waals surface area contributed by atoms with Gasteiger partial charge in [-0.3, -0.25) is 4.79 Å². The Morgan fingerprint density at radius 2 is 2.00 bits per heavy atom. The molecule has 0 unspecified atom stereocenters. The van der Waals surface area contributed by atoms with Crippen molar-refractivity contribution in [2.24, 2.45) is 0 Å².